The first-order valence-electron chi connectivity index (χ1n) is 9.72. The van der Waals surface area contributed by atoms with Gasteiger partial charge in [0.1, 0.15) is 5.92 Å². The van der Waals surface area contributed by atoms with Crippen molar-refractivity contribution in [2.45, 2.75) is 12.8 Å². The lowest BCUT2D eigenvalue weighted by Crippen LogP contribution is -2.44. The number of hydrogen-bond acceptors (Lipinski definition) is 6. The van der Waals surface area contributed by atoms with E-state index in [0.29, 0.717) is 11.3 Å². The lowest BCUT2D eigenvalue weighted by molar-refractivity contribution is -0.150. The second-order valence-electron chi connectivity index (χ2n) is 7.17. The highest BCUT2D eigenvalue weighted by atomic mass is 79.9. The molecule has 2 aromatic carbocycles. The molecular weight excluding hydrogens is 574 g/mol. The monoisotopic (exact) mass is 591 g/mol. The number of benzene rings is 2. The van der Waals surface area contributed by atoms with Gasteiger partial charge in [-0.15, -0.1) is 0 Å². The summed E-state index contributed by atoms with van der Waals surface area (Å²) in [7, 11) is 1.20. The molecule has 2 atom stereocenters. The molecule has 2 amide bonds. The Morgan fingerprint density at radius 1 is 1.21 bits per heavy atom. The van der Waals surface area contributed by atoms with E-state index in [9.17, 15) is 19.6 Å². The summed E-state index contributed by atoms with van der Waals surface area (Å²) in [6.07, 6.45) is 0. The molecule has 10 heteroatoms. The Morgan fingerprint density at radius 2 is 1.94 bits per heavy atom. The zero-order valence-electron chi connectivity index (χ0n) is 17.6. The van der Waals surface area contributed by atoms with Crippen LogP contribution in [0.1, 0.15) is 17.0 Å². The maximum absolute atomic E-state index is 12.9. The smallest absolute Gasteiger partial charge is 0.319 e. The number of hydrogen-bond donors (Lipinski definition) is 2. The Bertz CT molecular complexity index is 1190. The maximum Gasteiger partial charge on any atom is 0.319 e. The van der Waals surface area contributed by atoms with Crippen LogP contribution in [0.4, 0.5) is 5.69 Å². The summed E-state index contributed by atoms with van der Waals surface area (Å²) in [4.78, 5) is 37.8. The molecular formula is C23H19Br2N3O4S. The number of nitriles is 1. The van der Waals surface area contributed by atoms with Gasteiger partial charge in [-0.3, -0.25) is 14.4 Å². The molecule has 0 aromatic heterocycles. The molecule has 0 bridgehead atoms. The fraction of sp³-hybridized carbons (Fsp3) is 0.217. The Labute approximate surface area is 212 Å². The number of ether oxygens (including phenoxy) is 1. The second kappa shape index (κ2) is 11.0. The molecule has 0 radical (unpaired) electrons. The number of halogens is 2. The molecule has 0 fully saturated rings. The van der Waals surface area contributed by atoms with Crippen LogP contribution in [-0.2, 0) is 19.1 Å². The Kier molecular flexibility index (Phi) is 8.35. The second-order valence-corrected chi connectivity index (χ2v) is 9.99. The van der Waals surface area contributed by atoms with E-state index in [-0.39, 0.29) is 22.3 Å². The van der Waals surface area contributed by atoms with Gasteiger partial charge in [0.05, 0.1) is 29.5 Å². The van der Waals surface area contributed by atoms with Gasteiger partial charge in [0.25, 0.3) is 0 Å². The number of nitrogens with zero attached hydrogens (tertiary/aromatic N) is 1. The standard InChI is InChI=1S/C23H19Br2N3O4S/c1-12-8-15(25)6-7-17(12)27-18(29)11-33-22-16(10-26)19(13-4-3-5-14(24)9-13)20(21(30)28-22)23(31)32-2/h3-9,19-20H,11H2,1-2H3,(H,27,29)(H,28,30)/t19-,20-/m1/s1. The van der Waals surface area contributed by atoms with Crippen LogP contribution in [0.2, 0.25) is 0 Å². The summed E-state index contributed by atoms with van der Waals surface area (Å²) < 4.78 is 6.48. The summed E-state index contributed by atoms with van der Waals surface area (Å²) in [5.74, 6) is -3.71. The number of methoxy groups -OCH3 is 1. The average Bonchev–Trinajstić information content (AvgIpc) is 2.78. The van der Waals surface area contributed by atoms with Gasteiger partial charge in [-0.05, 0) is 48.4 Å². The van der Waals surface area contributed by atoms with E-state index in [2.05, 4.69) is 48.6 Å². The van der Waals surface area contributed by atoms with Crippen molar-refractivity contribution >= 4 is 67.1 Å². The fourth-order valence-corrected chi connectivity index (χ4v) is 5.21. The van der Waals surface area contributed by atoms with E-state index in [1.807, 2.05) is 19.1 Å². The SMILES string of the molecule is COC(=O)[C@H]1C(=O)NC(SCC(=O)Nc2ccc(Br)cc2C)=C(C#N)[C@H]1c1cccc(Br)c1. The third-order valence-electron chi connectivity index (χ3n) is 5.00. The third kappa shape index (κ3) is 5.85. The Morgan fingerprint density at radius 3 is 2.58 bits per heavy atom. The molecule has 1 aliphatic heterocycles. The average molecular weight is 593 g/mol. The van der Waals surface area contributed by atoms with Crippen molar-refractivity contribution < 1.29 is 19.1 Å². The molecule has 170 valence electrons. The number of rotatable bonds is 6. The molecule has 7 nitrogen and oxygen atoms in total. The fourth-order valence-electron chi connectivity index (χ4n) is 3.47. The molecule has 0 aliphatic carbocycles. The van der Waals surface area contributed by atoms with E-state index < -0.39 is 23.7 Å². The van der Waals surface area contributed by atoms with E-state index >= 15 is 0 Å². The van der Waals surface area contributed by atoms with Gasteiger partial charge in [-0.1, -0.05) is 55.8 Å². The van der Waals surface area contributed by atoms with Crippen molar-refractivity contribution in [1.29, 1.82) is 5.26 Å². The molecule has 0 unspecified atom stereocenters. The molecule has 2 aromatic rings. The first-order valence-corrected chi connectivity index (χ1v) is 12.3. The number of allylic oxidation sites excluding steroid dienone is 1. The number of thioether (sulfide) groups is 1. The lowest BCUT2D eigenvalue weighted by atomic mass is 9.78. The number of aryl methyl sites for hydroxylation is 1. The minimum Gasteiger partial charge on any atom is -0.468 e. The summed E-state index contributed by atoms with van der Waals surface area (Å²) in [6, 6.07) is 14.7. The van der Waals surface area contributed by atoms with Crippen LogP contribution in [0.3, 0.4) is 0 Å². The summed E-state index contributed by atoms with van der Waals surface area (Å²) in [5.41, 5.74) is 2.37. The Hall–Kier alpha value is -2.61. The Balaban J connectivity index is 1.89. The minimum absolute atomic E-state index is 0.0373. The predicted molar refractivity (Wildman–Crippen MR) is 133 cm³/mol. The molecule has 0 saturated heterocycles. The normalized spacial score (nSPS) is 17.7. The van der Waals surface area contributed by atoms with E-state index in [0.717, 1.165) is 26.3 Å². The van der Waals surface area contributed by atoms with Crippen molar-refractivity contribution in [3.8, 4) is 6.07 Å². The maximum atomic E-state index is 12.9. The highest BCUT2D eigenvalue weighted by Gasteiger charge is 2.44. The molecule has 0 saturated carbocycles. The molecule has 33 heavy (non-hydrogen) atoms. The molecule has 3 rings (SSSR count). The van der Waals surface area contributed by atoms with E-state index in [1.165, 1.54) is 7.11 Å². The van der Waals surface area contributed by atoms with Gasteiger partial charge in [-0.25, -0.2) is 0 Å². The summed E-state index contributed by atoms with van der Waals surface area (Å²) >= 11 is 7.81. The number of amides is 2. The number of nitrogens with one attached hydrogen (secondary N) is 2. The van der Waals surface area contributed by atoms with Gasteiger partial charge in [0.15, 0.2) is 0 Å². The van der Waals surface area contributed by atoms with Gasteiger partial charge >= 0.3 is 5.97 Å². The van der Waals surface area contributed by atoms with Crippen LogP contribution in [0.5, 0.6) is 0 Å². The molecule has 0 spiro atoms. The first-order chi connectivity index (χ1) is 15.7. The van der Waals surface area contributed by atoms with Gasteiger partial charge < -0.3 is 15.4 Å². The van der Waals surface area contributed by atoms with Crippen LogP contribution in [0.25, 0.3) is 0 Å². The van der Waals surface area contributed by atoms with Gasteiger partial charge in [0.2, 0.25) is 11.8 Å². The first kappa shape index (κ1) is 25.0. The minimum atomic E-state index is -1.22. The lowest BCUT2D eigenvalue weighted by Gasteiger charge is -2.31. The van der Waals surface area contributed by atoms with Gasteiger partial charge in [0, 0.05) is 20.6 Å². The largest absolute Gasteiger partial charge is 0.468 e. The van der Waals surface area contributed by atoms with E-state index in [4.69, 9.17) is 4.74 Å². The van der Waals surface area contributed by atoms with Crippen molar-refractivity contribution in [3.63, 3.8) is 0 Å². The highest BCUT2D eigenvalue weighted by molar-refractivity contribution is 9.10. The quantitative estimate of drug-likeness (QED) is 0.374. The summed E-state index contributed by atoms with van der Waals surface area (Å²) in [6.45, 7) is 1.88. The number of anilines is 1. The summed E-state index contributed by atoms with van der Waals surface area (Å²) in [5, 5.41) is 15.6. The van der Waals surface area contributed by atoms with Crippen LogP contribution in [-0.4, -0.2) is 30.6 Å². The van der Waals surface area contributed by atoms with Gasteiger partial charge in [-0.2, -0.15) is 5.26 Å². The van der Waals surface area contributed by atoms with Crippen molar-refractivity contribution in [3.05, 3.63) is 73.1 Å². The predicted octanol–water partition coefficient (Wildman–Crippen LogP) is 4.63. The zero-order valence-corrected chi connectivity index (χ0v) is 21.6. The van der Waals surface area contributed by atoms with Crippen LogP contribution >= 0.6 is 43.6 Å². The molecule has 1 aliphatic rings. The van der Waals surface area contributed by atoms with Crippen LogP contribution in [0, 0.1) is 24.2 Å². The van der Waals surface area contributed by atoms with Crippen LogP contribution in [0.15, 0.2) is 62.0 Å². The molecule has 1 heterocycles. The van der Waals surface area contributed by atoms with Crippen molar-refractivity contribution in [1.82, 2.24) is 5.32 Å². The number of carbonyl (C=O) groups excluding carboxylic acids is 3. The number of carbonyl (C=O) groups is 3. The topological polar surface area (TPSA) is 108 Å². The van der Waals surface area contributed by atoms with Crippen molar-refractivity contribution in [2.24, 2.45) is 5.92 Å². The highest BCUT2D eigenvalue weighted by Crippen LogP contribution is 2.40. The number of esters is 1. The molecule has 2 N–H and O–H groups in total. The third-order valence-corrected chi connectivity index (χ3v) is 7.01. The van der Waals surface area contributed by atoms with Crippen LogP contribution < -0.4 is 10.6 Å². The zero-order chi connectivity index (χ0) is 24.1. The van der Waals surface area contributed by atoms with E-state index in [1.54, 1.807) is 30.3 Å². The van der Waals surface area contributed by atoms with Crippen molar-refractivity contribution in [2.75, 3.05) is 18.2 Å².